The van der Waals surface area contributed by atoms with Crippen LogP contribution in [0.2, 0.25) is 0 Å². The molecule has 2 amide bonds. The van der Waals surface area contributed by atoms with Crippen LogP contribution >= 0.6 is 0 Å². The van der Waals surface area contributed by atoms with Gasteiger partial charge in [-0.2, -0.15) is 0 Å². The van der Waals surface area contributed by atoms with Crippen molar-refractivity contribution in [1.82, 2.24) is 24.8 Å². The van der Waals surface area contributed by atoms with Gasteiger partial charge in [-0.15, -0.1) is 0 Å². The third kappa shape index (κ3) is 9.40. The molecule has 240 valence electrons. The van der Waals surface area contributed by atoms with Crippen molar-refractivity contribution >= 4 is 29.1 Å². The van der Waals surface area contributed by atoms with Gasteiger partial charge in [0.05, 0.1) is 31.9 Å². The number of anilines is 3. The molecule has 0 saturated carbocycles. The molecule has 2 aromatic carbocycles. The van der Waals surface area contributed by atoms with Crippen LogP contribution in [0.3, 0.4) is 0 Å². The Kier molecular flexibility index (Phi) is 11.8. The highest BCUT2D eigenvalue weighted by Gasteiger charge is 2.21. The molecule has 1 fully saturated rings. The van der Waals surface area contributed by atoms with E-state index in [1.165, 1.54) is 0 Å². The molecular formula is C35H41N7O4. The van der Waals surface area contributed by atoms with Crippen LogP contribution in [-0.2, 0) is 20.8 Å². The van der Waals surface area contributed by atoms with E-state index in [1.807, 2.05) is 79.4 Å². The van der Waals surface area contributed by atoms with Gasteiger partial charge >= 0.3 is 0 Å². The highest BCUT2D eigenvalue weighted by molar-refractivity contribution is 6.04. The van der Waals surface area contributed by atoms with Crippen molar-refractivity contribution in [3.63, 3.8) is 0 Å². The van der Waals surface area contributed by atoms with Crippen molar-refractivity contribution < 1.29 is 19.1 Å². The van der Waals surface area contributed by atoms with Crippen molar-refractivity contribution in [2.24, 2.45) is 0 Å². The zero-order chi connectivity index (χ0) is 32.1. The topological polar surface area (TPSA) is 122 Å². The summed E-state index contributed by atoms with van der Waals surface area (Å²) in [6.07, 6.45) is 5.58. The lowest BCUT2D eigenvalue weighted by Gasteiger charge is -2.34. The van der Waals surface area contributed by atoms with E-state index in [4.69, 9.17) is 9.47 Å². The molecular weight excluding hydrogens is 582 g/mol. The Morgan fingerprint density at radius 1 is 0.913 bits per heavy atom. The third-order valence-electron chi connectivity index (χ3n) is 7.74. The fraction of sp³-hybridized carbons (Fsp3) is 0.343. The second kappa shape index (κ2) is 16.6. The molecule has 1 aliphatic heterocycles. The van der Waals surface area contributed by atoms with Crippen LogP contribution in [0.4, 0.5) is 17.3 Å². The fourth-order valence-corrected chi connectivity index (χ4v) is 5.11. The first-order valence-electron chi connectivity index (χ1n) is 15.7. The predicted molar refractivity (Wildman–Crippen MR) is 178 cm³/mol. The molecule has 0 bridgehead atoms. The summed E-state index contributed by atoms with van der Waals surface area (Å²) >= 11 is 0. The number of nitrogens with zero attached hydrogens (tertiary/aromatic N) is 5. The number of carbonyl (C=O) groups excluding carboxylic acids is 2. The van der Waals surface area contributed by atoms with Gasteiger partial charge in [-0.1, -0.05) is 18.2 Å². The molecule has 0 unspecified atom stereocenters. The Balaban J connectivity index is 1.09. The Morgan fingerprint density at radius 3 is 2.48 bits per heavy atom. The van der Waals surface area contributed by atoms with Crippen LogP contribution in [0.5, 0.6) is 0 Å². The van der Waals surface area contributed by atoms with Crippen LogP contribution in [0.1, 0.15) is 34.8 Å². The second-order valence-electron chi connectivity index (χ2n) is 11.0. The minimum atomic E-state index is -0.190. The number of ether oxygens (including phenoxy) is 2. The van der Waals surface area contributed by atoms with E-state index in [0.29, 0.717) is 63.1 Å². The minimum absolute atomic E-state index is 0.131. The summed E-state index contributed by atoms with van der Waals surface area (Å²) in [5, 5.41) is 6.28. The van der Waals surface area contributed by atoms with E-state index in [1.54, 1.807) is 18.6 Å². The highest BCUT2D eigenvalue weighted by Crippen LogP contribution is 2.25. The lowest BCUT2D eigenvalue weighted by atomic mass is 10.1. The van der Waals surface area contributed by atoms with E-state index >= 15 is 0 Å². The summed E-state index contributed by atoms with van der Waals surface area (Å²) in [4.78, 5) is 43.0. The zero-order valence-electron chi connectivity index (χ0n) is 26.4. The standard InChI is InChI=1S/C35H41N7O4/c1-3-45-21-22-46-20-13-33(43)42-18-16-41(17-19-42)25-27-7-9-28(10-8-27)34(44)38-30-11-6-26(2)32(23-30)40-35-37-15-12-31(39-35)29-5-4-14-36-24-29/h4-12,14-15,23-24H,3,13,16-22,25H2,1-2H3,(H,38,44)(H,37,39,40). The van der Waals surface area contributed by atoms with Crippen LogP contribution in [0.25, 0.3) is 11.3 Å². The number of rotatable bonds is 14. The molecule has 5 rings (SSSR count). The maximum absolute atomic E-state index is 13.1. The number of amides is 2. The molecule has 1 saturated heterocycles. The maximum Gasteiger partial charge on any atom is 0.255 e. The Morgan fingerprint density at radius 2 is 1.72 bits per heavy atom. The number of carbonyl (C=O) groups is 2. The first-order chi connectivity index (χ1) is 22.5. The van der Waals surface area contributed by atoms with Crippen molar-refractivity contribution in [2.75, 3.05) is 63.2 Å². The predicted octanol–water partition coefficient (Wildman–Crippen LogP) is 4.93. The molecule has 2 aromatic heterocycles. The smallest absolute Gasteiger partial charge is 0.255 e. The van der Waals surface area contributed by atoms with Gasteiger partial charge in [-0.3, -0.25) is 19.5 Å². The largest absolute Gasteiger partial charge is 0.379 e. The lowest BCUT2D eigenvalue weighted by molar-refractivity contribution is -0.134. The number of pyridine rings is 1. The van der Waals surface area contributed by atoms with Crippen LogP contribution in [0.15, 0.2) is 79.3 Å². The van der Waals surface area contributed by atoms with Crippen molar-refractivity contribution in [3.8, 4) is 11.3 Å². The molecule has 2 N–H and O–H groups in total. The molecule has 0 radical (unpaired) electrons. The second-order valence-corrected chi connectivity index (χ2v) is 11.0. The molecule has 4 aromatic rings. The van der Waals surface area contributed by atoms with E-state index in [-0.39, 0.29) is 11.8 Å². The molecule has 0 atom stereocenters. The van der Waals surface area contributed by atoms with Crippen LogP contribution in [-0.4, -0.2) is 89.2 Å². The number of nitrogens with one attached hydrogen (secondary N) is 2. The van der Waals surface area contributed by atoms with Crippen molar-refractivity contribution in [1.29, 1.82) is 0 Å². The molecule has 11 heteroatoms. The number of piperazine rings is 1. The van der Waals surface area contributed by atoms with Gasteiger partial charge in [-0.25, -0.2) is 9.97 Å². The Labute approximate surface area is 270 Å². The number of benzene rings is 2. The first-order valence-corrected chi connectivity index (χ1v) is 15.7. The number of aromatic nitrogens is 3. The van der Waals surface area contributed by atoms with Gasteiger partial charge in [0.2, 0.25) is 11.9 Å². The van der Waals surface area contributed by atoms with E-state index in [2.05, 4.69) is 30.5 Å². The summed E-state index contributed by atoms with van der Waals surface area (Å²) in [5.41, 5.74) is 5.81. The molecule has 11 nitrogen and oxygen atoms in total. The minimum Gasteiger partial charge on any atom is -0.379 e. The Hall–Kier alpha value is -4.71. The summed E-state index contributed by atoms with van der Waals surface area (Å²) in [6.45, 7) is 9.87. The molecule has 46 heavy (non-hydrogen) atoms. The Bertz CT molecular complexity index is 1580. The molecule has 0 spiro atoms. The van der Waals surface area contributed by atoms with Gasteiger partial charge in [-0.05, 0) is 67.4 Å². The number of hydrogen-bond acceptors (Lipinski definition) is 9. The normalized spacial score (nSPS) is 13.4. The summed E-state index contributed by atoms with van der Waals surface area (Å²) in [6, 6.07) is 19.0. The fourth-order valence-electron chi connectivity index (χ4n) is 5.11. The highest BCUT2D eigenvalue weighted by atomic mass is 16.5. The number of aryl methyl sites for hydroxylation is 1. The summed E-state index contributed by atoms with van der Waals surface area (Å²) in [7, 11) is 0. The lowest BCUT2D eigenvalue weighted by Crippen LogP contribution is -2.48. The molecule has 0 aliphatic carbocycles. The van der Waals surface area contributed by atoms with Gasteiger partial charge in [0, 0.05) is 80.4 Å². The van der Waals surface area contributed by atoms with Crippen LogP contribution in [0, 0.1) is 6.92 Å². The SMILES string of the molecule is CCOCCOCCC(=O)N1CCN(Cc2ccc(C(=O)Nc3ccc(C)c(Nc4nccc(-c5cccnc5)n4)c3)cc2)CC1. The van der Waals surface area contributed by atoms with E-state index < -0.39 is 0 Å². The summed E-state index contributed by atoms with van der Waals surface area (Å²) in [5.74, 6) is 0.395. The van der Waals surface area contributed by atoms with Gasteiger partial charge in [0.25, 0.3) is 5.91 Å². The zero-order valence-corrected chi connectivity index (χ0v) is 26.4. The molecule has 3 heterocycles. The third-order valence-corrected chi connectivity index (χ3v) is 7.74. The summed E-state index contributed by atoms with van der Waals surface area (Å²) < 4.78 is 10.7. The van der Waals surface area contributed by atoms with E-state index in [9.17, 15) is 9.59 Å². The van der Waals surface area contributed by atoms with Gasteiger partial charge in [0.1, 0.15) is 0 Å². The molecule has 1 aliphatic rings. The van der Waals surface area contributed by atoms with E-state index in [0.717, 1.165) is 47.7 Å². The first kappa shape index (κ1) is 32.7. The number of hydrogen-bond donors (Lipinski definition) is 2. The van der Waals surface area contributed by atoms with Crippen molar-refractivity contribution in [3.05, 3.63) is 95.9 Å². The van der Waals surface area contributed by atoms with Gasteiger partial charge in [0.15, 0.2) is 0 Å². The van der Waals surface area contributed by atoms with Gasteiger partial charge < -0.3 is 25.0 Å². The quantitative estimate of drug-likeness (QED) is 0.188. The average Bonchev–Trinajstić information content (AvgIpc) is 3.09. The van der Waals surface area contributed by atoms with Crippen molar-refractivity contribution in [2.45, 2.75) is 26.8 Å². The maximum atomic E-state index is 13.1. The monoisotopic (exact) mass is 623 g/mol. The van der Waals surface area contributed by atoms with Crippen LogP contribution < -0.4 is 10.6 Å². The average molecular weight is 624 g/mol.